The third kappa shape index (κ3) is 3.73. The molecule has 1 amide bonds. The van der Waals surface area contributed by atoms with Crippen LogP contribution in [0.15, 0.2) is 42.5 Å². The van der Waals surface area contributed by atoms with E-state index in [1.54, 1.807) is 18.9 Å². The Morgan fingerprint density at radius 2 is 1.89 bits per heavy atom. The lowest BCUT2D eigenvalue weighted by molar-refractivity contribution is -0.143. The van der Waals surface area contributed by atoms with E-state index in [2.05, 4.69) is 4.90 Å². The molecule has 4 rings (SSSR count). The molecule has 27 heavy (non-hydrogen) atoms. The summed E-state index contributed by atoms with van der Waals surface area (Å²) in [6.45, 7) is 4.26. The number of carbonyl (C=O) groups is 1. The van der Waals surface area contributed by atoms with Gasteiger partial charge in [0.25, 0.3) is 0 Å². The van der Waals surface area contributed by atoms with Crippen LogP contribution < -0.4 is 4.74 Å². The average Bonchev–Trinajstić information content (AvgIpc) is 2.91. The predicted octanol–water partition coefficient (Wildman–Crippen LogP) is 2.84. The highest BCUT2D eigenvalue weighted by molar-refractivity contribution is 5.88. The van der Waals surface area contributed by atoms with Crippen molar-refractivity contribution in [2.45, 2.75) is 31.2 Å². The fourth-order valence-corrected chi connectivity index (χ4v) is 4.14. The van der Waals surface area contributed by atoms with E-state index in [-0.39, 0.29) is 11.7 Å². The number of likely N-dealkylation sites (tertiary alicyclic amines) is 1. The van der Waals surface area contributed by atoms with Crippen LogP contribution in [0.1, 0.15) is 19.8 Å². The Morgan fingerprint density at radius 1 is 1.19 bits per heavy atom. The van der Waals surface area contributed by atoms with E-state index >= 15 is 0 Å². The lowest BCUT2D eigenvalue weighted by Gasteiger charge is -2.40. The van der Waals surface area contributed by atoms with E-state index in [0.29, 0.717) is 18.8 Å². The number of likely N-dealkylation sites (N-methyl/N-ethyl adjacent to an activating group) is 1. The van der Waals surface area contributed by atoms with Crippen LogP contribution in [0, 0.1) is 0 Å². The Balaban J connectivity index is 1.40. The molecule has 2 heterocycles. The highest BCUT2D eigenvalue weighted by Crippen LogP contribution is 2.33. The molecule has 0 bridgehead atoms. The van der Waals surface area contributed by atoms with Crippen LogP contribution >= 0.6 is 0 Å². The zero-order valence-electron chi connectivity index (χ0n) is 15.9. The molecule has 0 saturated carbocycles. The van der Waals surface area contributed by atoms with E-state index in [1.807, 2.05) is 42.5 Å². The fraction of sp³-hybridized carbons (Fsp3) is 0.476. The average molecular weight is 370 g/mol. The number of amides is 1. The Bertz CT molecular complexity index is 838. The summed E-state index contributed by atoms with van der Waals surface area (Å²) in [6.07, 6.45) is 1.30. The third-order valence-electron chi connectivity index (χ3n) is 5.50. The molecule has 2 aromatic rings. The number of carbonyl (C=O) groups excluding carboxylic acids is 1. The molecule has 1 spiro atoms. The van der Waals surface area contributed by atoms with Crippen LogP contribution in [0.4, 0.5) is 4.79 Å². The molecular weight excluding hydrogens is 344 g/mol. The van der Waals surface area contributed by atoms with Crippen molar-refractivity contribution in [1.82, 2.24) is 9.80 Å². The molecule has 0 radical (unpaired) electrons. The fourth-order valence-electron chi connectivity index (χ4n) is 4.14. The van der Waals surface area contributed by atoms with Gasteiger partial charge < -0.3 is 19.5 Å². The van der Waals surface area contributed by atoms with Gasteiger partial charge in [-0.25, -0.2) is 4.79 Å². The van der Waals surface area contributed by atoms with Gasteiger partial charge in [-0.3, -0.25) is 4.90 Å². The Morgan fingerprint density at radius 3 is 2.59 bits per heavy atom. The Kier molecular flexibility index (Phi) is 4.48. The second kappa shape index (κ2) is 6.69. The van der Waals surface area contributed by atoms with Gasteiger partial charge in [0.2, 0.25) is 5.79 Å². The minimum absolute atomic E-state index is 0.241. The summed E-state index contributed by atoms with van der Waals surface area (Å²) in [5.74, 6) is -0.629. The first-order valence-corrected chi connectivity index (χ1v) is 9.42. The number of ether oxygens (including phenoxy) is 2. The van der Waals surface area contributed by atoms with E-state index in [4.69, 9.17) is 9.47 Å². The molecule has 6 heteroatoms. The molecular formula is C21H26N2O4. The summed E-state index contributed by atoms with van der Waals surface area (Å²) in [5.41, 5.74) is -0.370. The SMILES string of the molecule is CN1CC2(CCN(CC(C)(O)Oc3cccc4ccccc34)CC2)OC1=O. The second-order valence-corrected chi connectivity index (χ2v) is 7.94. The Labute approximate surface area is 159 Å². The minimum Gasteiger partial charge on any atom is -0.461 e. The molecule has 2 aromatic carbocycles. The van der Waals surface area contributed by atoms with Crippen LogP contribution in [0.2, 0.25) is 0 Å². The number of hydrogen-bond donors (Lipinski definition) is 1. The molecule has 144 valence electrons. The summed E-state index contributed by atoms with van der Waals surface area (Å²) in [6, 6.07) is 13.8. The van der Waals surface area contributed by atoms with Crippen molar-refractivity contribution in [3.8, 4) is 5.75 Å². The van der Waals surface area contributed by atoms with Gasteiger partial charge in [-0.05, 0) is 11.5 Å². The number of piperidine rings is 1. The van der Waals surface area contributed by atoms with Crippen molar-refractivity contribution in [3.63, 3.8) is 0 Å². The molecule has 6 nitrogen and oxygen atoms in total. The van der Waals surface area contributed by atoms with E-state index < -0.39 is 5.79 Å². The van der Waals surface area contributed by atoms with E-state index in [9.17, 15) is 9.90 Å². The number of fused-ring (bicyclic) bond motifs is 1. The van der Waals surface area contributed by atoms with Crippen LogP contribution in [0.3, 0.4) is 0 Å². The van der Waals surface area contributed by atoms with Gasteiger partial charge in [0.1, 0.15) is 11.4 Å². The van der Waals surface area contributed by atoms with Gasteiger partial charge in [0.05, 0.1) is 13.1 Å². The molecule has 2 aliphatic rings. The molecule has 1 N–H and O–H groups in total. The molecule has 1 atom stereocenters. The standard InChI is InChI=1S/C21H26N2O4/c1-20(25,26-18-9-5-7-16-6-3-4-8-17(16)18)14-23-12-10-21(11-13-23)15-22(2)19(24)27-21/h3-9,25H,10-15H2,1-2H3. The number of benzene rings is 2. The zero-order chi connectivity index (χ0) is 19.1. The van der Waals surface area contributed by atoms with Crippen molar-refractivity contribution >= 4 is 16.9 Å². The topological polar surface area (TPSA) is 62.2 Å². The smallest absolute Gasteiger partial charge is 0.410 e. The van der Waals surface area contributed by atoms with Gasteiger partial charge in [0.15, 0.2) is 0 Å². The molecule has 1 unspecified atom stereocenters. The third-order valence-corrected chi connectivity index (χ3v) is 5.50. The largest absolute Gasteiger partial charge is 0.461 e. The van der Waals surface area contributed by atoms with E-state index in [0.717, 1.165) is 36.7 Å². The highest BCUT2D eigenvalue weighted by Gasteiger charge is 2.46. The van der Waals surface area contributed by atoms with Crippen LogP contribution in [0.5, 0.6) is 5.75 Å². The first-order chi connectivity index (χ1) is 12.9. The number of nitrogens with zero attached hydrogens (tertiary/aromatic N) is 2. The molecule has 0 aromatic heterocycles. The first kappa shape index (κ1) is 18.1. The molecule has 2 aliphatic heterocycles. The molecule has 2 saturated heterocycles. The van der Waals surface area contributed by atoms with Gasteiger partial charge in [-0.1, -0.05) is 36.4 Å². The highest BCUT2D eigenvalue weighted by atomic mass is 16.6. The van der Waals surface area contributed by atoms with Crippen molar-refractivity contribution in [3.05, 3.63) is 42.5 Å². The number of hydrogen-bond acceptors (Lipinski definition) is 5. The van der Waals surface area contributed by atoms with Crippen LogP contribution in [0.25, 0.3) is 10.8 Å². The minimum atomic E-state index is -1.31. The summed E-state index contributed by atoms with van der Waals surface area (Å²) in [7, 11) is 1.77. The first-order valence-electron chi connectivity index (χ1n) is 9.42. The quantitative estimate of drug-likeness (QED) is 0.839. The predicted molar refractivity (Wildman–Crippen MR) is 103 cm³/mol. The molecule has 0 aliphatic carbocycles. The monoisotopic (exact) mass is 370 g/mol. The summed E-state index contributed by atoms with van der Waals surface area (Å²) < 4.78 is 11.6. The zero-order valence-corrected chi connectivity index (χ0v) is 15.9. The maximum atomic E-state index is 11.7. The van der Waals surface area contributed by atoms with Crippen molar-refractivity contribution < 1.29 is 19.4 Å². The lowest BCUT2D eigenvalue weighted by atomic mass is 9.91. The number of rotatable bonds is 4. The van der Waals surface area contributed by atoms with Gasteiger partial charge >= 0.3 is 6.09 Å². The van der Waals surface area contributed by atoms with E-state index in [1.165, 1.54) is 0 Å². The molecule has 2 fully saturated rings. The Hall–Kier alpha value is -2.31. The summed E-state index contributed by atoms with van der Waals surface area (Å²) >= 11 is 0. The summed E-state index contributed by atoms with van der Waals surface area (Å²) in [4.78, 5) is 15.5. The normalized spacial score (nSPS) is 22.0. The maximum Gasteiger partial charge on any atom is 0.410 e. The van der Waals surface area contributed by atoms with Crippen molar-refractivity contribution in [2.75, 3.05) is 33.2 Å². The van der Waals surface area contributed by atoms with Crippen molar-refractivity contribution in [2.24, 2.45) is 0 Å². The van der Waals surface area contributed by atoms with Gasteiger partial charge in [0, 0.05) is 45.3 Å². The number of β-amino-alcohol motifs (C(OH)–C–C–N with tert-alkyl or cyclic N) is 1. The van der Waals surface area contributed by atoms with Crippen molar-refractivity contribution in [1.29, 1.82) is 0 Å². The summed E-state index contributed by atoms with van der Waals surface area (Å²) in [5, 5.41) is 12.9. The van der Waals surface area contributed by atoms with Crippen LogP contribution in [-0.4, -0.2) is 65.6 Å². The van der Waals surface area contributed by atoms with Gasteiger partial charge in [-0.2, -0.15) is 0 Å². The maximum absolute atomic E-state index is 11.7. The number of aliphatic hydroxyl groups is 1. The second-order valence-electron chi connectivity index (χ2n) is 7.94. The van der Waals surface area contributed by atoms with Gasteiger partial charge in [-0.15, -0.1) is 0 Å². The lowest BCUT2D eigenvalue weighted by Crippen LogP contribution is -2.52. The van der Waals surface area contributed by atoms with Crippen LogP contribution in [-0.2, 0) is 4.74 Å².